The molecular weight excluding hydrogens is 206 g/mol. The highest BCUT2D eigenvalue weighted by Gasteiger charge is 2.22. The number of pyridine rings is 1. The number of hydrogen-bond donors (Lipinski definition) is 1. The predicted octanol–water partition coefficient (Wildman–Crippen LogP) is 2.78. The molecule has 0 unspecified atom stereocenters. The van der Waals surface area contributed by atoms with Gasteiger partial charge in [0.25, 0.3) is 0 Å². The molecule has 0 amide bonds. The summed E-state index contributed by atoms with van der Waals surface area (Å²) in [5.74, 6) is 0. The smallest absolute Gasteiger partial charge is 0.183 e. The summed E-state index contributed by atoms with van der Waals surface area (Å²) in [6.45, 7) is 0. The Morgan fingerprint density at radius 1 is 1.27 bits per heavy atom. The second-order valence-electron chi connectivity index (χ2n) is 3.67. The molecule has 76 valence electrons. The summed E-state index contributed by atoms with van der Waals surface area (Å²) in [4.78, 5) is 8.78. The van der Waals surface area contributed by atoms with E-state index in [4.69, 9.17) is 0 Å². The minimum absolute atomic E-state index is 0.660. The zero-order chi connectivity index (χ0) is 10.1. The lowest BCUT2D eigenvalue weighted by atomic mass is 10.3. The number of rotatable bonds is 3. The average molecular weight is 217 g/mol. The Kier molecular flexibility index (Phi) is 2.14. The molecule has 2 aromatic heterocycles. The van der Waals surface area contributed by atoms with Gasteiger partial charge in [-0.25, -0.2) is 4.98 Å². The van der Waals surface area contributed by atoms with E-state index < -0.39 is 0 Å². The molecule has 0 bridgehead atoms. The molecule has 0 spiro atoms. The molecule has 3 rings (SSSR count). The molecule has 2 heterocycles. The molecule has 0 atom stereocenters. The maximum atomic E-state index is 4.51. The van der Waals surface area contributed by atoms with Gasteiger partial charge in [-0.2, -0.15) is 0 Å². The zero-order valence-corrected chi connectivity index (χ0v) is 9.00. The molecule has 1 aliphatic rings. The molecular formula is C11H11N3S. The van der Waals surface area contributed by atoms with E-state index in [2.05, 4.69) is 15.3 Å². The Balaban J connectivity index is 1.83. The number of nitrogens with one attached hydrogen (secondary N) is 1. The summed E-state index contributed by atoms with van der Waals surface area (Å²) in [5, 5.41) is 6.45. The fraction of sp³-hybridized carbons (Fsp3) is 0.273. The van der Waals surface area contributed by atoms with Crippen molar-refractivity contribution in [3.8, 4) is 11.4 Å². The molecule has 0 saturated heterocycles. The van der Waals surface area contributed by atoms with Crippen LogP contribution in [-0.2, 0) is 0 Å². The van der Waals surface area contributed by atoms with Crippen LogP contribution in [0.1, 0.15) is 12.8 Å². The Hall–Kier alpha value is -1.42. The standard InChI is InChI=1S/C11H11N3S/c1-2-6-12-9(3-1)10-7-15-11(14-10)13-8-4-5-8/h1-3,6-8H,4-5H2,(H,13,14). The topological polar surface area (TPSA) is 37.8 Å². The summed E-state index contributed by atoms with van der Waals surface area (Å²) in [5.41, 5.74) is 1.90. The van der Waals surface area contributed by atoms with Crippen LogP contribution in [-0.4, -0.2) is 16.0 Å². The van der Waals surface area contributed by atoms with Gasteiger partial charge in [-0.3, -0.25) is 4.98 Å². The molecule has 1 aliphatic carbocycles. The molecule has 1 N–H and O–H groups in total. The summed E-state index contributed by atoms with van der Waals surface area (Å²) in [7, 11) is 0. The van der Waals surface area contributed by atoms with Crippen LogP contribution in [0.4, 0.5) is 5.13 Å². The highest BCUT2D eigenvalue weighted by molar-refractivity contribution is 7.14. The number of anilines is 1. The normalized spacial score (nSPS) is 15.2. The highest BCUT2D eigenvalue weighted by atomic mass is 32.1. The Morgan fingerprint density at radius 2 is 2.20 bits per heavy atom. The molecule has 1 saturated carbocycles. The largest absolute Gasteiger partial charge is 0.359 e. The van der Waals surface area contributed by atoms with Crippen LogP contribution in [0.3, 0.4) is 0 Å². The van der Waals surface area contributed by atoms with E-state index in [1.54, 1.807) is 17.5 Å². The van der Waals surface area contributed by atoms with Crippen molar-refractivity contribution in [1.82, 2.24) is 9.97 Å². The SMILES string of the molecule is c1ccc(-c2csc(NC3CC3)n2)nc1. The van der Waals surface area contributed by atoms with Crippen LogP contribution in [0.2, 0.25) is 0 Å². The van der Waals surface area contributed by atoms with Crippen molar-refractivity contribution in [2.75, 3.05) is 5.32 Å². The van der Waals surface area contributed by atoms with Crippen LogP contribution in [0.15, 0.2) is 29.8 Å². The summed E-state index contributed by atoms with van der Waals surface area (Å²) in [6.07, 6.45) is 4.35. The van der Waals surface area contributed by atoms with Gasteiger partial charge in [-0.1, -0.05) is 6.07 Å². The number of hydrogen-bond acceptors (Lipinski definition) is 4. The third kappa shape index (κ3) is 1.99. The summed E-state index contributed by atoms with van der Waals surface area (Å²) in [6, 6.07) is 6.54. The molecule has 15 heavy (non-hydrogen) atoms. The van der Waals surface area contributed by atoms with Gasteiger partial charge < -0.3 is 5.32 Å². The molecule has 2 aromatic rings. The third-order valence-corrected chi connectivity index (χ3v) is 3.11. The fourth-order valence-corrected chi connectivity index (χ4v) is 2.16. The molecule has 0 radical (unpaired) electrons. The summed E-state index contributed by atoms with van der Waals surface area (Å²) >= 11 is 1.65. The van der Waals surface area contributed by atoms with Gasteiger partial charge >= 0.3 is 0 Å². The van der Waals surface area contributed by atoms with Crippen molar-refractivity contribution in [2.45, 2.75) is 18.9 Å². The number of thiazole rings is 1. The van der Waals surface area contributed by atoms with E-state index in [1.807, 2.05) is 23.6 Å². The van der Waals surface area contributed by atoms with Gasteiger partial charge in [0.05, 0.1) is 5.69 Å². The third-order valence-electron chi connectivity index (χ3n) is 2.34. The molecule has 4 heteroatoms. The van der Waals surface area contributed by atoms with Crippen LogP contribution in [0.25, 0.3) is 11.4 Å². The van der Waals surface area contributed by atoms with E-state index in [1.165, 1.54) is 12.8 Å². The second-order valence-corrected chi connectivity index (χ2v) is 4.53. The van der Waals surface area contributed by atoms with Gasteiger partial charge in [-0.05, 0) is 25.0 Å². The maximum Gasteiger partial charge on any atom is 0.183 e. The van der Waals surface area contributed by atoms with Gasteiger partial charge in [0.15, 0.2) is 5.13 Å². The Bertz CT molecular complexity index is 448. The van der Waals surface area contributed by atoms with Crippen molar-refractivity contribution in [1.29, 1.82) is 0 Å². The average Bonchev–Trinajstić information content (AvgIpc) is 2.96. The van der Waals surface area contributed by atoms with Crippen molar-refractivity contribution < 1.29 is 0 Å². The fourth-order valence-electron chi connectivity index (χ4n) is 1.37. The number of nitrogens with zero attached hydrogens (tertiary/aromatic N) is 2. The van der Waals surface area contributed by atoms with Crippen molar-refractivity contribution in [3.05, 3.63) is 29.8 Å². The van der Waals surface area contributed by atoms with E-state index in [9.17, 15) is 0 Å². The monoisotopic (exact) mass is 217 g/mol. The molecule has 3 nitrogen and oxygen atoms in total. The number of aromatic nitrogens is 2. The van der Waals surface area contributed by atoms with Crippen LogP contribution >= 0.6 is 11.3 Å². The second kappa shape index (κ2) is 3.62. The van der Waals surface area contributed by atoms with Crippen molar-refractivity contribution in [3.63, 3.8) is 0 Å². The lowest BCUT2D eigenvalue weighted by Crippen LogP contribution is -1.99. The van der Waals surface area contributed by atoms with E-state index >= 15 is 0 Å². The summed E-state index contributed by atoms with van der Waals surface area (Å²) < 4.78 is 0. The van der Waals surface area contributed by atoms with Crippen LogP contribution in [0, 0.1) is 0 Å². The van der Waals surface area contributed by atoms with E-state index in [0.29, 0.717) is 6.04 Å². The first-order valence-corrected chi connectivity index (χ1v) is 5.93. The van der Waals surface area contributed by atoms with Crippen molar-refractivity contribution >= 4 is 16.5 Å². The molecule has 0 aromatic carbocycles. The minimum Gasteiger partial charge on any atom is -0.359 e. The maximum absolute atomic E-state index is 4.51. The van der Waals surface area contributed by atoms with Gasteiger partial charge in [0.1, 0.15) is 5.69 Å². The van der Waals surface area contributed by atoms with Gasteiger partial charge in [-0.15, -0.1) is 11.3 Å². The van der Waals surface area contributed by atoms with Crippen molar-refractivity contribution in [2.24, 2.45) is 0 Å². The first-order chi connectivity index (χ1) is 7.42. The Labute approximate surface area is 92.2 Å². The van der Waals surface area contributed by atoms with E-state index in [0.717, 1.165) is 16.5 Å². The Morgan fingerprint density at radius 3 is 2.93 bits per heavy atom. The lowest BCUT2D eigenvalue weighted by Gasteiger charge is -1.96. The lowest BCUT2D eigenvalue weighted by molar-refractivity contribution is 1.14. The van der Waals surface area contributed by atoms with Crippen LogP contribution < -0.4 is 5.32 Å². The van der Waals surface area contributed by atoms with Crippen LogP contribution in [0.5, 0.6) is 0 Å². The van der Waals surface area contributed by atoms with E-state index in [-0.39, 0.29) is 0 Å². The zero-order valence-electron chi connectivity index (χ0n) is 8.18. The minimum atomic E-state index is 0.660. The van der Waals surface area contributed by atoms with Gasteiger partial charge in [0, 0.05) is 17.6 Å². The van der Waals surface area contributed by atoms with Gasteiger partial charge in [0.2, 0.25) is 0 Å². The highest BCUT2D eigenvalue weighted by Crippen LogP contribution is 2.28. The quantitative estimate of drug-likeness (QED) is 0.859. The molecule has 1 fully saturated rings. The first-order valence-electron chi connectivity index (χ1n) is 5.05. The molecule has 0 aliphatic heterocycles. The predicted molar refractivity (Wildman–Crippen MR) is 62.0 cm³/mol. The first kappa shape index (κ1) is 8.85.